The van der Waals surface area contributed by atoms with Crippen LogP contribution in [0.3, 0.4) is 0 Å². The highest BCUT2D eigenvalue weighted by atomic mass is 16.5. The molecule has 1 saturated heterocycles. The number of hydrogen-bond donors (Lipinski definition) is 1. The summed E-state index contributed by atoms with van der Waals surface area (Å²) in [5.74, 6) is 0.151. The number of anilines is 1. The Bertz CT molecular complexity index is 441. The lowest BCUT2D eigenvalue weighted by atomic mass is 10.1. The monoisotopic (exact) mass is 291 g/mol. The molecule has 0 aromatic heterocycles. The van der Waals surface area contributed by atoms with Gasteiger partial charge in [0.25, 0.3) is 0 Å². The lowest BCUT2D eigenvalue weighted by Gasteiger charge is -2.29. The first-order valence-electron chi connectivity index (χ1n) is 7.56. The Balaban J connectivity index is 1.88. The van der Waals surface area contributed by atoms with Crippen LogP contribution in [0.5, 0.6) is 0 Å². The molecule has 1 fully saturated rings. The number of amides is 1. The van der Waals surface area contributed by atoms with E-state index in [0.717, 1.165) is 38.3 Å². The Morgan fingerprint density at radius 3 is 2.57 bits per heavy atom. The Kier molecular flexibility index (Phi) is 6.02. The zero-order valence-corrected chi connectivity index (χ0v) is 12.8. The summed E-state index contributed by atoms with van der Waals surface area (Å²) >= 11 is 0. The maximum Gasteiger partial charge on any atom is 0.222 e. The average Bonchev–Trinajstić information content (AvgIpc) is 2.54. The lowest BCUT2D eigenvalue weighted by Crippen LogP contribution is -2.36. The van der Waals surface area contributed by atoms with Crippen LogP contribution in [-0.4, -0.2) is 50.7 Å². The van der Waals surface area contributed by atoms with Gasteiger partial charge in [0.15, 0.2) is 0 Å². The van der Waals surface area contributed by atoms with E-state index in [4.69, 9.17) is 10.5 Å². The van der Waals surface area contributed by atoms with Crippen molar-refractivity contribution < 1.29 is 9.53 Å². The molecule has 0 radical (unpaired) electrons. The van der Waals surface area contributed by atoms with Crippen LogP contribution >= 0.6 is 0 Å². The van der Waals surface area contributed by atoms with Crippen LogP contribution < -0.4 is 10.6 Å². The summed E-state index contributed by atoms with van der Waals surface area (Å²) in [4.78, 5) is 16.0. The van der Waals surface area contributed by atoms with Gasteiger partial charge in [-0.2, -0.15) is 0 Å². The van der Waals surface area contributed by atoms with E-state index >= 15 is 0 Å². The topological polar surface area (TPSA) is 58.8 Å². The van der Waals surface area contributed by atoms with Crippen LogP contribution in [-0.2, 0) is 16.1 Å². The van der Waals surface area contributed by atoms with Gasteiger partial charge in [-0.25, -0.2) is 0 Å². The normalized spacial score (nSPS) is 15.0. The van der Waals surface area contributed by atoms with Crippen LogP contribution in [0.4, 0.5) is 5.69 Å². The summed E-state index contributed by atoms with van der Waals surface area (Å²) in [5.41, 5.74) is 7.80. The number of rotatable bonds is 6. The predicted octanol–water partition coefficient (Wildman–Crippen LogP) is 1.22. The predicted molar refractivity (Wildman–Crippen MR) is 84.2 cm³/mol. The molecule has 5 nitrogen and oxygen atoms in total. The number of carbonyl (C=O) groups is 1. The largest absolute Gasteiger partial charge is 0.378 e. The van der Waals surface area contributed by atoms with Gasteiger partial charge >= 0.3 is 0 Å². The van der Waals surface area contributed by atoms with E-state index in [1.807, 2.05) is 7.05 Å². The van der Waals surface area contributed by atoms with E-state index in [9.17, 15) is 4.79 Å². The molecule has 5 heteroatoms. The first kappa shape index (κ1) is 15.8. The van der Waals surface area contributed by atoms with Gasteiger partial charge in [0.2, 0.25) is 5.91 Å². The summed E-state index contributed by atoms with van der Waals surface area (Å²) in [6.07, 6.45) is 1.28. The molecule has 21 heavy (non-hydrogen) atoms. The maximum absolute atomic E-state index is 11.9. The number of nitrogens with zero attached hydrogens (tertiary/aromatic N) is 2. The van der Waals surface area contributed by atoms with E-state index in [2.05, 4.69) is 29.2 Å². The van der Waals surface area contributed by atoms with E-state index in [0.29, 0.717) is 19.5 Å². The van der Waals surface area contributed by atoms with Gasteiger partial charge in [0, 0.05) is 38.8 Å². The Morgan fingerprint density at radius 1 is 1.29 bits per heavy atom. The highest BCUT2D eigenvalue weighted by Gasteiger charge is 2.12. The number of carbonyl (C=O) groups excluding carboxylic acids is 1. The molecular weight excluding hydrogens is 266 g/mol. The molecule has 116 valence electrons. The minimum Gasteiger partial charge on any atom is -0.378 e. The minimum absolute atomic E-state index is 0.151. The van der Waals surface area contributed by atoms with Crippen molar-refractivity contribution in [3.05, 3.63) is 29.8 Å². The lowest BCUT2D eigenvalue weighted by molar-refractivity contribution is -0.130. The van der Waals surface area contributed by atoms with Gasteiger partial charge in [-0.05, 0) is 30.7 Å². The van der Waals surface area contributed by atoms with E-state index < -0.39 is 0 Å². The third-order valence-corrected chi connectivity index (χ3v) is 3.75. The summed E-state index contributed by atoms with van der Waals surface area (Å²) in [7, 11) is 1.84. The van der Waals surface area contributed by atoms with Crippen molar-refractivity contribution in [2.24, 2.45) is 5.73 Å². The second-order valence-corrected chi connectivity index (χ2v) is 5.41. The third-order valence-electron chi connectivity index (χ3n) is 3.75. The zero-order valence-electron chi connectivity index (χ0n) is 12.8. The molecular formula is C16H25N3O2. The second kappa shape index (κ2) is 8.00. The first-order valence-corrected chi connectivity index (χ1v) is 7.56. The fraction of sp³-hybridized carbons (Fsp3) is 0.562. The molecule has 1 aliphatic rings. The van der Waals surface area contributed by atoms with Crippen molar-refractivity contribution >= 4 is 11.6 Å². The van der Waals surface area contributed by atoms with Crippen molar-refractivity contribution in [1.29, 1.82) is 0 Å². The number of ether oxygens (including phenoxy) is 1. The number of benzene rings is 1. The van der Waals surface area contributed by atoms with E-state index in [1.165, 1.54) is 5.69 Å². The molecule has 1 aromatic rings. The minimum atomic E-state index is 0.151. The van der Waals surface area contributed by atoms with E-state index in [-0.39, 0.29) is 5.91 Å². The first-order chi connectivity index (χ1) is 10.2. The summed E-state index contributed by atoms with van der Waals surface area (Å²) in [6, 6.07) is 8.44. The second-order valence-electron chi connectivity index (χ2n) is 5.41. The molecule has 0 spiro atoms. The number of morpholine rings is 1. The van der Waals surface area contributed by atoms with Gasteiger partial charge in [-0.3, -0.25) is 4.79 Å². The molecule has 0 saturated carbocycles. The Hall–Kier alpha value is -1.59. The van der Waals surface area contributed by atoms with Crippen LogP contribution in [0.2, 0.25) is 0 Å². The van der Waals surface area contributed by atoms with Crippen LogP contribution in [0.25, 0.3) is 0 Å². The molecule has 1 aliphatic heterocycles. The van der Waals surface area contributed by atoms with Crippen molar-refractivity contribution in [1.82, 2.24) is 4.90 Å². The molecule has 2 N–H and O–H groups in total. The van der Waals surface area contributed by atoms with Gasteiger partial charge in [0.1, 0.15) is 0 Å². The standard InChI is InChI=1S/C16H25N3O2/c1-18(16(20)3-2-8-17)13-14-4-6-15(7-5-14)19-9-11-21-12-10-19/h4-7H,2-3,8-13,17H2,1H3. The molecule has 0 bridgehead atoms. The quantitative estimate of drug-likeness (QED) is 0.856. The summed E-state index contributed by atoms with van der Waals surface area (Å²) < 4.78 is 5.36. The molecule has 1 aromatic carbocycles. The average molecular weight is 291 g/mol. The zero-order chi connectivity index (χ0) is 15.1. The fourth-order valence-corrected chi connectivity index (χ4v) is 2.44. The molecule has 0 unspecified atom stereocenters. The Labute approximate surface area is 126 Å². The number of nitrogens with two attached hydrogens (primary N) is 1. The molecule has 1 heterocycles. The highest BCUT2D eigenvalue weighted by Crippen LogP contribution is 2.17. The third kappa shape index (κ3) is 4.72. The van der Waals surface area contributed by atoms with Crippen molar-refractivity contribution in [3.63, 3.8) is 0 Å². The Morgan fingerprint density at radius 2 is 1.95 bits per heavy atom. The summed E-state index contributed by atoms with van der Waals surface area (Å²) in [6.45, 7) is 4.68. The molecule has 0 aliphatic carbocycles. The molecule has 2 rings (SSSR count). The van der Waals surface area contributed by atoms with Gasteiger partial charge in [-0.1, -0.05) is 12.1 Å². The smallest absolute Gasteiger partial charge is 0.222 e. The SMILES string of the molecule is CN(Cc1ccc(N2CCOCC2)cc1)C(=O)CCCN. The van der Waals surface area contributed by atoms with Crippen LogP contribution in [0.1, 0.15) is 18.4 Å². The van der Waals surface area contributed by atoms with Gasteiger partial charge in [0.05, 0.1) is 13.2 Å². The van der Waals surface area contributed by atoms with Crippen LogP contribution in [0.15, 0.2) is 24.3 Å². The van der Waals surface area contributed by atoms with Crippen molar-refractivity contribution in [3.8, 4) is 0 Å². The number of hydrogen-bond acceptors (Lipinski definition) is 4. The highest BCUT2D eigenvalue weighted by molar-refractivity contribution is 5.75. The van der Waals surface area contributed by atoms with Crippen molar-refractivity contribution in [2.45, 2.75) is 19.4 Å². The van der Waals surface area contributed by atoms with Gasteiger partial charge in [-0.15, -0.1) is 0 Å². The van der Waals surface area contributed by atoms with E-state index in [1.54, 1.807) is 4.90 Å². The maximum atomic E-state index is 11.9. The molecule has 0 atom stereocenters. The fourth-order valence-electron chi connectivity index (χ4n) is 2.44. The van der Waals surface area contributed by atoms with Crippen LogP contribution in [0, 0.1) is 0 Å². The molecule has 1 amide bonds. The summed E-state index contributed by atoms with van der Waals surface area (Å²) in [5, 5.41) is 0. The van der Waals surface area contributed by atoms with Gasteiger partial charge < -0.3 is 20.3 Å². The van der Waals surface area contributed by atoms with Crippen molar-refractivity contribution in [2.75, 3.05) is 44.8 Å².